The van der Waals surface area contributed by atoms with Gasteiger partial charge in [0.2, 0.25) is 0 Å². The number of carbonyl (C=O) groups excluding carboxylic acids is 1. The Kier molecular flexibility index (Phi) is 4.09. The first-order valence-corrected chi connectivity index (χ1v) is 7.27. The zero-order valence-electron chi connectivity index (χ0n) is 13.1. The van der Waals surface area contributed by atoms with Crippen LogP contribution >= 0.6 is 0 Å². The standard InChI is InChI=1S/C15H14N4O6/c1-19-13-8(4-16-12(18-13)7-2-3-25-6-7)11(22)10(15(19)24)14(23)17-5-9(20)21/h2-4,7,22H,5-6H2,1H3,(H,17,23)(H,20,21). The van der Waals surface area contributed by atoms with Crippen LogP contribution in [-0.4, -0.2) is 49.8 Å². The average Bonchev–Trinajstić information content (AvgIpc) is 3.12. The topological polar surface area (TPSA) is 144 Å². The van der Waals surface area contributed by atoms with E-state index < -0.39 is 35.3 Å². The fourth-order valence-electron chi connectivity index (χ4n) is 2.46. The smallest absolute Gasteiger partial charge is 0.322 e. The minimum atomic E-state index is -1.27. The van der Waals surface area contributed by atoms with Crippen LogP contribution in [0.25, 0.3) is 11.0 Å². The summed E-state index contributed by atoms with van der Waals surface area (Å²) in [5, 5.41) is 21.1. The number of carboxylic acid groups (broad SMARTS) is 1. The van der Waals surface area contributed by atoms with E-state index in [9.17, 15) is 19.5 Å². The number of nitrogens with one attached hydrogen (secondary N) is 1. The summed E-state index contributed by atoms with van der Waals surface area (Å²) >= 11 is 0. The van der Waals surface area contributed by atoms with Crippen molar-refractivity contribution >= 4 is 22.9 Å². The number of aliphatic carboxylic acids is 1. The third-order valence-electron chi connectivity index (χ3n) is 3.76. The molecule has 3 rings (SSSR count). The van der Waals surface area contributed by atoms with E-state index in [1.807, 2.05) is 5.32 Å². The minimum Gasteiger partial charge on any atom is -0.506 e. The first-order chi connectivity index (χ1) is 11.9. The summed E-state index contributed by atoms with van der Waals surface area (Å²) in [4.78, 5) is 43.5. The van der Waals surface area contributed by atoms with Crippen LogP contribution in [0.5, 0.6) is 5.75 Å². The Morgan fingerprint density at radius 2 is 2.24 bits per heavy atom. The van der Waals surface area contributed by atoms with Crippen molar-refractivity contribution in [2.24, 2.45) is 7.05 Å². The van der Waals surface area contributed by atoms with Gasteiger partial charge in [0.05, 0.1) is 17.6 Å². The maximum absolute atomic E-state index is 12.4. The number of carboxylic acids is 1. The fraction of sp³-hybridized carbons (Fsp3) is 0.267. The second kappa shape index (κ2) is 6.23. The molecule has 1 unspecified atom stereocenters. The molecule has 0 saturated heterocycles. The number of carbonyl (C=O) groups is 2. The summed E-state index contributed by atoms with van der Waals surface area (Å²) < 4.78 is 6.23. The van der Waals surface area contributed by atoms with Gasteiger partial charge in [-0.25, -0.2) is 9.97 Å². The van der Waals surface area contributed by atoms with Crippen LogP contribution < -0.4 is 10.9 Å². The number of nitrogens with zero attached hydrogens (tertiary/aromatic N) is 3. The second-order valence-electron chi connectivity index (χ2n) is 5.40. The molecule has 0 spiro atoms. The van der Waals surface area contributed by atoms with Crippen LogP contribution in [0.4, 0.5) is 0 Å². The number of aromatic hydroxyl groups is 1. The molecule has 10 heteroatoms. The lowest BCUT2D eigenvalue weighted by Crippen LogP contribution is -2.35. The van der Waals surface area contributed by atoms with Crippen molar-refractivity contribution in [2.45, 2.75) is 5.92 Å². The molecule has 0 fully saturated rings. The number of ether oxygens (including phenoxy) is 1. The number of hydrogen-bond donors (Lipinski definition) is 3. The number of aromatic nitrogens is 3. The maximum Gasteiger partial charge on any atom is 0.322 e. The minimum absolute atomic E-state index is 0.106. The molecular formula is C15H14N4O6. The van der Waals surface area contributed by atoms with E-state index >= 15 is 0 Å². The Labute approximate surface area is 140 Å². The van der Waals surface area contributed by atoms with Crippen LogP contribution in [0.2, 0.25) is 0 Å². The lowest BCUT2D eigenvalue weighted by atomic mass is 10.1. The summed E-state index contributed by atoms with van der Waals surface area (Å²) in [5.74, 6) is -2.60. The van der Waals surface area contributed by atoms with Crippen LogP contribution in [0.3, 0.4) is 0 Å². The monoisotopic (exact) mass is 346 g/mol. The average molecular weight is 346 g/mol. The van der Waals surface area contributed by atoms with E-state index in [1.165, 1.54) is 19.5 Å². The molecule has 0 aromatic carbocycles. The van der Waals surface area contributed by atoms with Gasteiger partial charge in [0.1, 0.15) is 35.9 Å². The molecule has 0 saturated carbocycles. The van der Waals surface area contributed by atoms with Crippen molar-refractivity contribution in [3.63, 3.8) is 0 Å². The third-order valence-corrected chi connectivity index (χ3v) is 3.76. The van der Waals surface area contributed by atoms with Crippen LogP contribution in [0.1, 0.15) is 22.1 Å². The van der Waals surface area contributed by atoms with Crippen LogP contribution in [0, 0.1) is 0 Å². The first-order valence-electron chi connectivity index (χ1n) is 7.27. The van der Waals surface area contributed by atoms with E-state index in [1.54, 1.807) is 6.08 Å². The van der Waals surface area contributed by atoms with Crippen molar-refractivity contribution in [1.29, 1.82) is 0 Å². The quantitative estimate of drug-likeness (QED) is 0.670. The zero-order chi connectivity index (χ0) is 18.1. The van der Waals surface area contributed by atoms with Crippen molar-refractivity contribution in [1.82, 2.24) is 19.9 Å². The van der Waals surface area contributed by atoms with Crippen LogP contribution in [-0.2, 0) is 16.6 Å². The number of aryl methyl sites for hydroxylation is 1. The van der Waals surface area contributed by atoms with Gasteiger partial charge in [-0.1, -0.05) is 0 Å². The maximum atomic E-state index is 12.4. The van der Waals surface area contributed by atoms with Crippen molar-refractivity contribution in [2.75, 3.05) is 13.2 Å². The van der Waals surface area contributed by atoms with E-state index in [-0.39, 0.29) is 17.0 Å². The Morgan fingerprint density at radius 1 is 1.48 bits per heavy atom. The Bertz CT molecular complexity index is 965. The molecule has 25 heavy (non-hydrogen) atoms. The molecule has 0 aliphatic carbocycles. The second-order valence-corrected chi connectivity index (χ2v) is 5.40. The van der Waals surface area contributed by atoms with E-state index in [4.69, 9.17) is 9.84 Å². The molecule has 2 aromatic heterocycles. The van der Waals surface area contributed by atoms with Crippen molar-refractivity contribution in [3.05, 3.63) is 40.3 Å². The van der Waals surface area contributed by atoms with E-state index in [2.05, 4.69) is 9.97 Å². The molecule has 1 amide bonds. The molecule has 3 N–H and O–H groups in total. The van der Waals surface area contributed by atoms with Gasteiger partial charge in [-0.05, 0) is 6.08 Å². The van der Waals surface area contributed by atoms with E-state index in [0.29, 0.717) is 12.4 Å². The number of fused-ring (bicyclic) bond motifs is 1. The van der Waals surface area contributed by atoms with Crippen molar-refractivity contribution < 1.29 is 24.5 Å². The zero-order valence-corrected chi connectivity index (χ0v) is 13.1. The molecule has 0 radical (unpaired) electrons. The lowest BCUT2D eigenvalue weighted by Gasteiger charge is -2.12. The normalized spacial score (nSPS) is 16.0. The SMILES string of the molecule is Cn1c(=O)c(C(=O)NCC(=O)O)c(O)c2cnc(C3C=COC3)nc21. The number of amides is 1. The summed E-state index contributed by atoms with van der Waals surface area (Å²) in [6, 6.07) is 0. The fourth-order valence-corrected chi connectivity index (χ4v) is 2.46. The predicted octanol–water partition coefficient (Wildman–Crippen LogP) is -0.524. The highest BCUT2D eigenvalue weighted by molar-refractivity contribution is 6.02. The van der Waals surface area contributed by atoms with Gasteiger partial charge in [-0.3, -0.25) is 19.0 Å². The molecule has 1 aliphatic heterocycles. The van der Waals surface area contributed by atoms with Gasteiger partial charge < -0.3 is 20.3 Å². The Morgan fingerprint density at radius 3 is 2.88 bits per heavy atom. The van der Waals surface area contributed by atoms with Gasteiger partial charge in [-0.15, -0.1) is 0 Å². The highest BCUT2D eigenvalue weighted by atomic mass is 16.5. The molecule has 0 bridgehead atoms. The Hall–Kier alpha value is -3.43. The highest BCUT2D eigenvalue weighted by Crippen LogP contribution is 2.26. The van der Waals surface area contributed by atoms with Crippen LogP contribution in [0.15, 0.2) is 23.3 Å². The van der Waals surface area contributed by atoms with Gasteiger partial charge in [0.15, 0.2) is 0 Å². The lowest BCUT2D eigenvalue weighted by molar-refractivity contribution is -0.135. The predicted molar refractivity (Wildman–Crippen MR) is 84.2 cm³/mol. The number of rotatable bonds is 4. The summed E-state index contributed by atoms with van der Waals surface area (Å²) in [6.07, 6.45) is 4.62. The summed E-state index contributed by atoms with van der Waals surface area (Å²) in [5.41, 5.74) is -1.20. The molecule has 2 aromatic rings. The van der Waals surface area contributed by atoms with Crippen molar-refractivity contribution in [3.8, 4) is 5.75 Å². The van der Waals surface area contributed by atoms with Gasteiger partial charge in [0, 0.05) is 13.2 Å². The highest BCUT2D eigenvalue weighted by Gasteiger charge is 2.24. The summed E-state index contributed by atoms with van der Waals surface area (Å²) in [7, 11) is 1.40. The third kappa shape index (κ3) is 2.89. The number of hydrogen-bond acceptors (Lipinski definition) is 7. The largest absolute Gasteiger partial charge is 0.506 e. The number of pyridine rings is 1. The first kappa shape index (κ1) is 16.4. The van der Waals surface area contributed by atoms with Gasteiger partial charge >= 0.3 is 5.97 Å². The molecule has 1 atom stereocenters. The molecule has 3 heterocycles. The van der Waals surface area contributed by atoms with Gasteiger partial charge in [-0.2, -0.15) is 0 Å². The summed E-state index contributed by atoms with van der Waals surface area (Å²) in [6.45, 7) is -0.302. The molecular weight excluding hydrogens is 332 g/mol. The molecule has 10 nitrogen and oxygen atoms in total. The van der Waals surface area contributed by atoms with Gasteiger partial charge in [0.25, 0.3) is 11.5 Å². The van der Waals surface area contributed by atoms with E-state index in [0.717, 1.165) is 4.57 Å². The molecule has 1 aliphatic rings. The Balaban J connectivity index is 2.11. The molecule has 130 valence electrons.